The molecule has 2 nitrogen and oxygen atoms in total. The van der Waals surface area contributed by atoms with E-state index in [2.05, 4.69) is 24.3 Å². The van der Waals surface area contributed by atoms with Crippen LogP contribution in [0.3, 0.4) is 0 Å². The molecule has 0 heterocycles. The molecule has 2 aromatic carbocycles. The lowest BCUT2D eigenvalue weighted by Gasteiger charge is -2.39. The highest BCUT2D eigenvalue weighted by molar-refractivity contribution is 6.30. The van der Waals surface area contributed by atoms with Gasteiger partial charge in [-0.1, -0.05) is 54.1 Å². The molecule has 0 bridgehead atoms. The summed E-state index contributed by atoms with van der Waals surface area (Å²) in [7, 11) is 0. The molecule has 3 heteroatoms. The molecule has 1 atom stereocenters. The van der Waals surface area contributed by atoms with Crippen molar-refractivity contribution < 1.29 is 4.79 Å². The Morgan fingerprint density at radius 2 is 1.67 bits per heavy atom. The van der Waals surface area contributed by atoms with Gasteiger partial charge in [-0.05, 0) is 47.9 Å². The topological polar surface area (TPSA) is 43.1 Å². The zero-order valence-corrected chi connectivity index (χ0v) is 12.5. The second kappa shape index (κ2) is 5.90. The van der Waals surface area contributed by atoms with Crippen molar-refractivity contribution in [2.75, 3.05) is 0 Å². The maximum atomic E-state index is 11.9. The van der Waals surface area contributed by atoms with Crippen molar-refractivity contribution in [3.05, 3.63) is 70.7 Å². The molecule has 2 N–H and O–H groups in total. The van der Waals surface area contributed by atoms with Gasteiger partial charge in [-0.15, -0.1) is 0 Å². The highest BCUT2D eigenvalue weighted by Gasteiger charge is 2.39. The maximum absolute atomic E-state index is 11.9. The van der Waals surface area contributed by atoms with Crippen LogP contribution in [0.15, 0.2) is 54.6 Å². The molecule has 1 amide bonds. The largest absolute Gasteiger partial charge is 0.369 e. The van der Waals surface area contributed by atoms with E-state index in [1.807, 2.05) is 30.3 Å². The van der Waals surface area contributed by atoms with Gasteiger partial charge in [0.05, 0.1) is 5.92 Å². The summed E-state index contributed by atoms with van der Waals surface area (Å²) in [5.41, 5.74) is 7.96. The van der Waals surface area contributed by atoms with Crippen molar-refractivity contribution in [2.45, 2.75) is 24.7 Å². The molecule has 2 aromatic rings. The summed E-state index contributed by atoms with van der Waals surface area (Å²) in [5, 5.41) is 0.678. The number of rotatable bonds is 4. The monoisotopic (exact) mass is 299 g/mol. The summed E-state index contributed by atoms with van der Waals surface area (Å²) in [6.45, 7) is 0. The zero-order chi connectivity index (χ0) is 14.8. The summed E-state index contributed by atoms with van der Waals surface area (Å²) >= 11 is 5.91. The maximum Gasteiger partial charge on any atom is 0.225 e. The van der Waals surface area contributed by atoms with Crippen LogP contribution >= 0.6 is 11.6 Å². The Balaban J connectivity index is 1.73. The molecule has 0 aromatic heterocycles. The van der Waals surface area contributed by atoms with Gasteiger partial charge in [0.15, 0.2) is 0 Å². The Morgan fingerprint density at radius 3 is 2.24 bits per heavy atom. The van der Waals surface area contributed by atoms with Gasteiger partial charge in [0, 0.05) is 5.02 Å². The Labute approximate surface area is 129 Å². The minimum Gasteiger partial charge on any atom is -0.369 e. The van der Waals surface area contributed by atoms with Gasteiger partial charge < -0.3 is 5.73 Å². The first-order chi connectivity index (χ1) is 10.1. The number of primary amides is 1. The van der Waals surface area contributed by atoms with Gasteiger partial charge in [-0.3, -0.25) is 4.79 Å². The fraction of sp³-hybridized carbons (Fsp3) is 0.278. The third-order valence-corrected chi connectivity index (χ3v) is 4.70. The second-order valence-corrected chi connectivity index (χ2v) is 6.21. The summed E-state index contributed by atoms with van der Waals surface area (Å²) < 4.78 is 0. The lowest BCUT2D eigenvalue weighted by Crippen LogP contribution is -2.35. The Bertz CT molecular complexity index is 617. The van der Waals surface area contributed by atoms with E-state index in [1.165, 1.54) is 5.56 Å². The fourth-order valence-electron chi connectivity index (χ4n) is 3.27. The summed E-state index contributed by atoms with van der Waals surface area (Å²) in [6.07, 6.45) is 2.03. The van der Waals surface area contributed by atoms with E-state index >= 15 is 0 Å². The minimum absolute atomic E-state index is 0.206. The fourth-order valence-corrected chi connectivity index (χ4v) is 3.40. The van der Waals surface area contributed by atoms with E-state index in [-0.39, 0.29) is 11.8 Å². The molecule has 0 spiro atoms. The third-order valence-electron chi connectivity index (χ3n) is 4.45. The summed E-state index contributed by atoms with van der Waals surface area (Å²) in [6, 6.07) is 17.9. The Kier molecular flexibility index (Phi) is 3.98. The molecule has 0 aliphatic heterocycles. The van der Waals surface area contributed by atoms with Crippen LogP contribution in [0.1, 0.15) is 35.8 Å². The first-order valence-electron chi connectivity index (χ1n) is 7.25. The number of amides is 1. The van der Waals surface area contributed by atoms with Crippen LogP contribution < -0.4 is 5.73 Å². The van der Waals surface area contributed by atoms with Crippen molar-refractivity contribution in [1.29, 1.82) is 0 Å². The molecule has 1 aliphatic carbocycles. The molecule has 0 radical (unpaired) electrons. The van der Waals surface area contributed by atoms with Crippen molar-refractivity contribution in [3.8, 4) is 0 Å². The number of benzene rings is 2. The van der Waals surface area contributed by atoms with Crippen LogP contribution in [0.25, 0.3) is 0 Å². The molecule has 3 rings (SSSR count). The van der Waals surface area contributed by atoms with Gasteiger partial charge >= 0.3 is 0 Å². The van der Waals surface area contributed by atoms with Crippen LogP contribution in [-0.2, 0) is 4.79 Å². The van der Waals surface area contributed by atoms with Gasteiger partial charge in [0.1, 0.15) is 0 Å². The number of nitrogens with two attached hydrogens (primary N) is 1. The molecular weight excluding hydrogens is 282 g/mol. The van der Waals surface area contributed by atoms with Crippen molar-refractivity contribution in [3.63, 3.8) is 0 Å². The highest BCUT2D eigenvalue weighted by atomic mass is 35.5. The molecule has 108 valence electrons. The van der Waals surface area contributed by atoms with Gasteiger partial charge in [-0.25, -0.2) is 0 Å². The Hall–Kier alpha value is -1.80. The molecule has 1 fully saturated rings. The molecule has 21 heavy (non-hydrogen) atoms. The predicted octanol–water partition coefficient (Wildman–Crippen LogP) is 4.10. The smallest absolute Gasteiger partial charge is 0.225 e. The number of carbonyl (C=O) groups excluding carboxylic acids is 1. The van der Waals surface area contributed by atoms with Crippen LogP contribution in [0, 0.1) is 5.92 Å². The van der Waals surface area contributed by atoms with Crippen LogP contribution in [0.4, 0.5) is 0 Å². The van der Waals surface area contributed by atoms with E-state index in [0.717, 1.165) is 18.4 Å². The van der Waals surface area contributed by atoms with E-state index in [1.54, 1.807) is 0 Å². The average Bonchev–Trinajstić information content (AvgIpc) is 2.44. The standard InChI is InChI=1S/C18H18ClNO/c19-16-8-6-13(7-9-16)17(18(20)21)15-10-14(11-15)12-4-2-1-3-5-12/h1-9,14-15,17H,10-11H2,(H2,20,21). The Morgan fingerprint density at radius 1 is 1.05 bits per heavy atom. The lowest BCUT2D eigenvalue weighted by molar-refractivity contribution is -0.121. The van der Waals surface area contributed by atoms with Crippen molar-refractivity contribution in [2.24, 2.45) is 11.7 Å². The van der Waals surface area contributed by atoms with E-state index in [0.29, 0.717) is 16.9 Å². The van der Waals surface area contributed by atoms with Crippen molar-refractivity contribution in [1.82, 2.24) is 0 Å². The zero-order valence-electron chi connectivity index (χ0n) is 11.7. The molecule has 1 unspecified atom stereocenters. The van der Waals surface area contributed by atoms with Crippen LogP contribution in [0.2, 0.25) is 5.02 Å². The quantitative estimate of drug-likeness (QED) is 0.907. The van der Waals surface area contributed by atoms with Gasteiger partial charge in [-0.2, -0.15) is 0 Å². The molecule has 0 saturated heterocycles. The van der Waals surface area contributed by atoms with Gasteiger partial charge in [0.25, 0.3) is 0 Å². The number of hydrogen-bond acceptors (Lipinski definition) is 1. The average molecular weight is 300 g/mol. The molecule has 1 aliphatic rings. The second-order valence-electron chi connectivity index (χ2n) is 5.77. The molecule has 1 saturated carbocycles. The number of carbonyl (C=O) groups is 1. The van der Waals surface area contributed by atoms with Crippen LogP contribution in [0.5, 0.6) is 0 Å². The van der Waals surface area contributed by atoms with Gasteiger partial charge in [0.2, 0.25) is 5.91 Å². The van der Waals surface area contributed by atoms with Crippen molar-refractivity contribution >= 4 is 17.5 Å². The third kappa shape index (κ3) is 2.96. The normalized spacial score (nSPS) is 22.3. The predicted molar refractivity (Wildman–Crippen MR) is 85.3 cm³/mol. The lowest BCUT2D eigenvalue weighted by atomic mass is 9.64. The van der Waals surface area contributed by atoms with E-state index < -0.39 is 0 Å². The summed E-state index contributed by atoms with van der Waals surface area (Å²) in [4.78, 5) is 11.9. The first kappa shape index (κ1) is 14.2. The highest BCUT2D eigenvalue weighted by Crippen LogP contribution is 2.48. The van der Waals surface area contributed by atoms with E-state index in [9.17, 15) is 4.79 Å². The van der Waals surface area contributed by atoms with E-state index in [4.69, 9.17) is 17.3 Å². The SMILES string of the molecule is NC(=O)C(c1ccc(Cl)cc1)C1CC(c2ccccc2)C1. The minimum atomic E-state index is -0.242. The summed E-state index contributed by atoms with van der Waals surface area (Å²) in [5.74, 6) is 0.426. The molecular formula is C18H18ClNO. The number of hydrogen-bond donors (Lipinski definition) is 1. The number of halogens is 1. The van der Waals surface area contributed by atoms with Crippen LogP contribution in [-0.4, -0.2) is 5.91 Å². The first-order valence-corrected chi connectivity index (χ1v) is 7.62.